The predicted octanol–water partition coefficient (Wildman–Crippen LogP) is 17.8. The van der Waals surface area contributed by atoms with Crippen LogP contribution in [0.15, 0.2) is 109 Å². The van der Waals surface area contributed by atoms with E-state index >= 15 is 0 Å². The maximum absolute atomic E-state index is 12.9. The zero-order valence-electron chi connectivity index (χ0n) is 47.9. The number of phosphoric ester groups is 1. The van der Waals surface area contributed by atoms with Crippen molar-refractivity contribution >= 4 is 25.7 Å². The molecule has 76 heavy (non-hydrogen) atoms. The van der Waals surface area contributed by atoms with E-state index in [9.17, 15) is 28.9 Å². The number of esters is 3. The lowest BCUT2D eigenvalue weighted by Crippen LogP contribution is -2.30. The maximum Gasteiger partial charge on any atom is 0.472 e. The summed E-state index contributed by atoms with van der Waals surface area (Å²) in [4.78, 5) is 48.6. The van der Waals surface area contributed by atoms with Gasteiger partial charge >= 0.3 is 25.7 Å². The Balaban J connectivity index is 4.87. The third kappa shape index (κ3) is 54.9. The molecule has 0 aliphatic rings. The van der Waals surface area contributed by atoms with Crippen molar-refractivity contribution in [1.82, 2.24) is 0 Å². The molecule has 0 spiro atoms. The third-order valence-corrected chi connectivity index (χ3v) is 13.1. The molecular formula is C64H107O11P. The highest BCUT2D eigenvalue weighted by molar-refractivity contribution is 7.47. The number of carbonyl (C=O) groups excluding carboxylic acids is 3. The highest BCUT2D eigenvalue weighted by Gasteiger charge is 2.28. The summed E-state index contributed by atoms with van der Waals surface area (Å²) in [5, 5.41) is 9.81. The van der Waals surface area contributed by atoms with Gasteiger partial charge in [0.05, 0.1) is 19.8 Å². The van der Waals surface area contributed by atoms with Gasteiger partial charge in [-0.05, 0) is 116 Å². The second-order valence-electron chi connectivity index (χ2n) is 19.4. The Bertz CT molecular complexity index is 1690. The van der Waals surface area contributed by atoms with Crippen molar-refractivity contribution < 1.29 is 52.2 Å². The first kappa shape index (κ1) is 72.1. The van der Waals surface area contributed by atoms with Crippen molar-refractivity contribution in [3.05, 3.63) is 109 Å². The van der Waals surface area contributed by atoms with E-state index in [1.165, 1.54) is 64.2 Å². The molecule has 2 N–H and O–H groups in total. The summed E-state index contributed by atoms with van der Waals surface area (Å²) in [6.07, 6.45) is 69.1. The third-order valence-electron chi connectivity index (χ3n) is 12.2. The molecule has 0 heterocycles. The lowest BCUT2D eigenvalue weighted by atomic mass is 10.1. The Labute approximate surface area is 463 Å². The van der Waals surface area contributed by atoms with Crippen LogP contribution in [0, 0.1) is 0 Å². The first-order chi connectivity index (χ1) is 37.2. The van der Waals surface area contributed by atoms with Crippen molar-refractivity contribution in [1.29, 1.82) is 0 Å². The van der Waals surface area contributed by atoms with E-state index in [1.54, 1.807) is 0 Å². The minimum absolute atomic E-state index is 0.0356. The average molecular weight is 1080 g/mol. The molecule has 12 heteroatoms. The van der Waals surface area contributed by atoms with Crippen LogP contribution < -0.4 is 0 Å². The predicted molar refractivity (Wildman–Crippen MR) is 316 cm³/mol. The normalized spacial score (nSPS) is 14.1. The molecule has 0 bridgehead atoms. The van der Waals surface area contributed by atoms with Crippen LogP contribution in [0.4, 0.5) is 0 Å². The summed E-state index contributed by atoms with van der Waals surface area (Å²) in [5.74, 6) is -1.59. The highest BCUT2D eigenvalue weighted by Crippen LogP contribution is 2.43. The monoisotopic (exact) mass is 1080 g/mol. The summed E-state index contributed by atoms with van der Waals surface area (Å²) in [7, 11) is -4.78. The van der Waals surface area contributed by atoms with Gasteiger partial charge in [0.15, 0.2) is 6.10 Å². The fourth-order valence-corrected chi connectivity index (χ4v) is 8.43. The van der Waals surface area contributed by atoms with Crippen LogP contribution in [0.2, 0.25) is 0 Å². The minimum atomic E-state index is -4.78. The molecule has 0 rings (SSSR count). The van der Waals surface area contributed by atoms with Gasteiger partial charge < -0.3 is 24.2 Å². The zero-order valence-corrected chi connectivity index (χ0v) is 48.8. The number of rotatable bonds is 54. The Hall–Kier alpha value is -3.86. The molecule has 0 aromatic carbocycles. The van der Waals surface area contributed by atoms with E-state index in [2.05, 4.69) is 118 Å². The van der Waals surface area contributed by atoms with Gasteiger partial charge in [0.1, 0.15) is 12.7 Å². The number of phosphoric acid groups is 1. The Morgan fingerprint density at radius 3 is 1.17 bits per heavy atom. The Morgan fingerprint density at radius 1 is 0.382 bits per heavy atom. The maximum atomic E-state index is 12.9. The molecule has 3 unspecified atom stereocenters. The number of ether oxygens (including phenoxy) is 3. The van der Waals surface area contributed by atoms with Crippen molar-refractivity contribution in [2.45, 2.75) is 251 Å². The van der Waals surface area contributed by atoms with Gasteiger partial charge in [0.2, 0.25) is 0 Å². The van der Waals surface area contributed by atoms with Crippen molar-refractivity contribution in [2.75, 3.05) is 26.4 Å². The second-order valence-corrected chi connectivity index (χ2v) is 20.9. The topological polar surface area (TPSA) is 155 Å². The first-order valence-electron chi connectivity index (χ1n) is 29.8. The highest BCUT2D eigenvalue weighted by atomic mass is 31.2. The average Bonchev–Trinajstić information content (AvgIpc) is 3.41. The van der Waals surface area contributed by atoms with Crippen LogP contribution in [0.25, 0.3) is 0 Å². The second kappa shape index (κ2) is 57.3. The summed E-state index contributed by atoms with van der Waals surface area (Å²) < 4.78 is 39.5. The molecule has 434 valence electrons. The van der Waals surface area contributed by atoms with Crippen LogP contribution in [-0.4, -0.2) is 66.5 Å². The fraction of sp³-hybridized carbons (Fsp3) is 0.672. The summed E-state index contributed by atoms with van der Waals surface area (Å²) in [6, 6.07) is 0. The fourth-order valence-electron chi connectivity index (χ4n) is 7.64. The molecule has 0 amide bonds. The SMILES string of the molecule is CC/C=C\C/C=C\C/C=C\C/C=C\C/C=C\C/C=C\CCC(=O)OC(COC(=O)CCCCCCCCC/C=C\C/C=C\CCCCC)COP(=O)(O)OCC(CO)OC(=O)CCCCCCC/C=C\CCCCCC. The van der Waals surface area contributed by atoms with Crippen molar-refractivity contribution in [2.24, 2.45) is 0 Å². The smallest absolute Gasteiger partial charge is 0.462 e. The quantitative estimate of drug-likeness (QED) is 0.0197. The standard InChI is InChI=1S/C64H107O11P/c1-4-7-10-13-16-19-22-25-27-29-30-32-34-37-40-43-46-49-52-55-64(68)75-61(57-71-62(66)53-50-47-44-41-38-36-33-31-28-26-23-20-17-14-11-8-5-2)59-73-76(69,70)72-58-60(56-65)74-63(67)54-51-48-45-42-39-35-24-21-18-15-12-9-6-3/h7,10,16-17,19-21,24-28,30,32,37,40,46,49,60-61,65H,4-6,8-9,11-15,18,22-23,29,31,33-36,38-39,41-45,47-48,50-59H2,1-3H3,(H,69,70)/b10-7-,19-16-,20-17-,24-21-,27-25-,28-26-,32-30-,40-37-,49-46-. The molecule has 0 radical (unpaired) electrons. The number of hydrogen-bond acceptors (Lipinski definition) is 10. The number of carbonyl (C=O) groups is 3. The van der Waals surface area contributed by atoms with E-state index in [0.29, 0.717) is 25.7 Å². The molecule has 11 nitrogen and oxygen atoms in total. The minimum Gasteiger partial charge on any atom is -0.462 e. The van der Waals surface area contributed by atoms with Crippen LogP contribution in [0.5, 0.6) is 0 Å². The van der Waals surface area contributed by atoms with Gasteiger partial charge in [-0.25, -0.2) is 4.57 Å². The lowest BCUT2D eigenvalue weighted by molar-refractivity contribution is -0.161. The van der Waals surface area contributed by atoms with E-state index < -0.39 is 57.8 Å². The number of aliphatic hydroxyl groups excluding tert-OH is 1. The molecule has 0 aliphatic heterocycles. The number of allylic oxidation sites excluding steroid dienone is 18. The van der Waals surface area contributed by atoms with Crippen LogP contribution >= 0.6 is 7.82 Å². The lowest BCUT2D eigenvalue weighted by Gasteiger charge is -2.21. The van der Waals surface area contributed by atoms with Gasteiger partial charge in [0, 0.05) is 19.3 Å². The van der Waals surface area contributed by atoms with Crippen LogP contribution in [0.3, 0.4) is 0 Å². The van der Waals surface area contributed by atoms with Crippen molar-refractivity contribution in [3.63, 3.8) is 0 Å². The number of hydrogen-bond donors (Lipinski definition) is 2. The number of aliphatic hydroxyl groups is 1. The molecule has 0 aromatic heterocycles. The first-order valence-corrected chi connectivity index (χ1v) is 31.3. The molecule has 0 aliphatic carbocycles. The Morgan fingerprint density at radius 2 is 0.711 bits per heavy atom. The van der Waals surface area contributed by atoms with E-state index in [-0.39, 0.29) is 25.9 Å². The molecule has 0 saturated carbocycles. The molecule has 3 atom stereocenters. The van der Waals surface area contributed by atoms with Gasteiger partial charge in [-0.3, -0.25) is 23.4 Å². The zero-order chi connectivity index (χ0) is 55.5. The molecular weight excluding hydrogens is 976 g/mol. The van der Waals surface area contributed by atoms with Gasteiger partial charge in [-0.1, -0.05) is 214 Å². The van der Waals surface area contributed by atoms with Crippen molar-refractivity contribution in [3.8, 4) is 0 Å². The van der Waals surface area contributed by atoms with Gasteiger partial charge in [-0.15, -0.1) is 0 Å². The Kier molecular flexibility index (Phi) is 54.4. The van der Waals surface area contributed by atoms with Gasteiger partial charge in [0.25, 0.3) is 0 Å². The number of unbranched alkanes of at least 4 members (excludes halogenated alkanes) is 19. The van der Waals surface area contributed by atoms with Crippen LogP contribution in [-0.2, 0) is 42.2 Å². The summed E-state index contributed by atoms with van der Waals surface area (Å²) >= 11 is 0. The molecule has 0 saturated heterocycles. The van der Waals surface area contributed by atoms with Crippen LogP contribution in [0.1, 0.15) is 239 Å². The largest absolute Gasteiger partial charge is 0.472 e. The summed E-state index contributed by atoms with van der Waals surface area (Å²) in [5.41, 5.74) is 0. The van der Waals surface area contributed by atoms with E-state index in [4.69, 9.17) is 23.3 Å². The van der Waals surface area contributed by atoms with E-state index in [1.807, 2.05) is 12.2 Å². The van der Waals surface area contributed by atoms with E-state index in [0.717, 1.165) is 109 Å². The summed E-state index contributed by atoms with van der Waals surface area (Å²) in [6.45, 7) is 4.39. The molecule has 0 aromatic rings. The van der Waals surface area contributed by atoms with Gasteiger partial charge in [-0.2, -0.15) is 0 Å². The molecule has 0 fully saturated rings.